The third-order valence-electron chi connectivity index (χ3n) is 2.50. The van der Waals surface area contributed by atoms with Gasteiger partial charge in [0.2, 0.25) is 0 Å². The maximum absolute atomic E-state index is 9.05. The van der Waals surface area contributed by atoms with E-state index < -0.39 is 0 Å². The van der Waals surface area contributed by atoms with E-state index in [9.17, 15) is 0 Å². The van der Waals surface area contributed by atoms with E-state index in [0.717, 1.165) is 22.3 Å². The highest BCUT2D eigenvalue weighted by Crippen LogP contribution is 2.15. The minimum atomic E-state index is 0.0758. The van der Waals surface area contributed by atoms with Crippen molar-refractivity contribution in [3.8, 4) is 0 Å². The molecule has 3 heteroatoms. The molecule has 0 aliphatic heterocycles. The van der Waals surface area contributed by atoms with Crippen molar-refractivity contribution in [3.63, 3.8) is 0 Å². The first kappa shape index (κ1) is 12.1. The molecule has 2 nitrogen and oxygen atoms in total. The summed E-state index contributed by atoms with van der Waals surface area (Å²) in [5, 5.41) is 12.4. The molecule has 0 saturated carbocycles. The van der Waals surface area contributed by atoms with Crippen molar-refractivity contribution in [2.45, 2.75) is 13.2 Å². The van der Waals surface area contributed by atoms with Crippen LogP contribution in [0.25, 0.3) is 0 Å². The van der Waals surface area contributed by atoms with Gasteiger partial charge < -0.3 is 10.4 Å². The first-order valence-corrected chi connectivity index (χ1v) is 6.25. The maximum Gasteiger partial charge on any atom is 0.0682 e. The fraction of sp³-hybridized carbons (Fsp3) is 0.143. The fourth-order valence-electron chi connectivity index (χ4n) is 1.63. The van der Waals surface area contributed by atoms with E-state index in [-0.39, 0.29) is 6.61 Å². The lowest BCUT2D eigenvalue weighted by Gasteiger charge is -2.08. The second kappa shape index (κ2) is 5.84. The predicted molar refractivity (Wildman–Crippen MR) is 73.8 cm³/mol. The van der Waals surface area contributed by atoms with E-state index in [1.807, 2.05) is 36.4 Å². The standard InChI is InChI=1S/C14H14BrNO/c15-13-5-1-3-11(7-13)9-16-14-6-2-4-12(8-14)10-17/h1-8,16-17H,9-10H2. The van der Waals surface area contributed by atoms with Gasteiger partial charge in [-0.1, -0.05) is 40.2 Å². The number of benzene rings is 2. The molecular weight excluding hydrogens is 278 g/mol. The molecule has 2 N–H and O–H groups in total. The summed E-state index contributed by atoms with van der Waals surface area (Å²) >= 11 is 3.45. The second-order valence-corrected chi connectivity index (χ2v) is 4.76. The summed E-state index contributed by atoms with van der Waals surface area (Å²) in [6.07, 6.45) is 0. The van der Waals surface area contributed by atoms with E-state index >= 15 is 0 Å². The molecule has 2 aromatic rings. The van der Waals surface area contributed by atoms with Gasteiger partial charge in [-0.25, -0.2) is 0 Å². The van der Waals surface area contributed by atoms with Crippen LogP contribution in [0.1, 0.15) is 11.1 Å². The molecule has 0 bridgehead atoms. The van der Waals surface area contributed by atoms with Crippen LogP contribution in [0.2, 0.25) is 0 Å². The van der Waals surface area contributed by atoms with Gasteiger partial charge in [0.15, 0.2) is 0 Å². The Labute approximate surface area is 109 Å². The van der Waals surface area contributed by atoms with Gasteiger partial charge in [-0.2, -0.15) is 0 Å². The van der Waals surface area contributed by atoms with Crippen LogP contribution >= 0.6 is 15.9 Å². The smallest absolute Gasteiger partial charge is 0.0682 e. The molecule has 0 unspecified atom stereocenters. The molecule has 0 aliphatic carbocycles. The maximum atomic E-state index is 9.05. The van der Waals surface area contributed by atoms with Crippen molar-refractivity contribution in [1.82, 2.24) is 0 Å². The zero-order valence-corrected chi connectivity index (χ0v) is 10.9. The molecule has 0 aliphatic rings. The molecule has 0 fully saturated rings. The highest BCUT2D eigenvalue weighted by atomic mass is 79.9. The van der Waals surface area contributed by atoms with Gasteiger partial charge in [0, 0.05) is 16.7 Å². The molecule has 17 heavy (non-hydrogen) atoms. The van der Waals surface area contributed by atoms with Crippen LogP contribution < -0.4 is 5.32 Å². The molecule has 0 amide bonds. The van der Waals surface area contributed by atoms with Gasteiger partial charge in [-0.3, -0.25) is 0 Å². The monoisotopic (exact) mass is 291 g/mol. The third-order valence-corrected chi connectivity index (χ3v) is 2.99. The van der Waals surface area contributed by atoms with E-state index in [0.29, 0.717) is 0 Å². The topological polar surface area (TPSA) is 32.3 Å². The van der Waals surface area contributed by atoms with Crippen LogP contribution in [-0.2, 0) is 13.2 Å². The molecule has 88 valence electrons. The third kappa shape index (κ3) is 3.58. The number of nitrogens with one attached hydrogen (secondary N) is 1. The molecule has 2 rings (SSSR count). The van der Waals surface area contributed by atoms with Crippen molar-refractivity contribution < 1.29 is 5.11 Å². The summed E-state index contributed by atoms with van der Waals surface area (Å²) in [6.45, 7) is 0.848. The van der Waals surface area contributed by atoms with E-state index in [4.69, 9.17) is 5.11 Å². The van der Waals surface area contributed by atoms with E-state index in [2.05, 4.69) is 33.4 Å². The fourth-order valence-corrected chi connectivity index (χ4v) is 2.08. The summed E-state index contributed by atoms with van der Waals surface area (Å²) in [4.78, 5) is 0. The van der Waals surface area contributed by atoms with Crippen LogP contribution in [0.15, 0.2) is 53.0 Å². The van der Waals surface area contributed by atoms with E-state index in [1.54, 1.807) is 0 Å². The Bertz CT molecular complexity index is 499. The lowest BCUT2D eigenvalue weighted by atomic mass is 10.2. The Morgan fingerprint density at radius 2 is 1.76 bits per heavy atom. The normalized spacial score (nSPS) is 10.2. The summed E-state index contributed by atoms with van der Waals surface area (Å²) in [5.41, 5.74) is 3.16. The van der Waals surface area contributed by atoms with Crippen molar-refractivity contribution in [2.75, 3.05) is 5.32 Å². The number of hydrogen-bond donors (Lipinski definition) is 2. The molecule has 2 aromatic carbocycles. The Morgan fingerprint density at radius 3 is 2.53 bits per heavy atom. The molecule has 0 spiro atoms. The number of aliphatic hydroxyl groups is 1. The van der Waals surface area contributed by atoms with Crippen molar-refractivity contribution in [2.24, 2.45) is 0 Å². The number of anilines is 1. The highest BCUT2D eigenvalue weighted by Gasteiger charge is 1.96. The van der Waals surface area contributed by atoms with Gasteiger partial charge >= 0.3 is 0 Å². The molecule has 0 radical (unpaired) electrons. The van der Waals surface area contributed by atoms with Crippen LogP contribution in [-0.4, -0.2) is 5.11 Å². The van der Waals surface area contributed by atoms with Gasteiger partial charge in [0.05, 0.1) is 6.61 Å². The Hall–Kier alpha value is -1.32. The molecule has 0 aromatic heterocycles. The minimum absolute atomic E-state index is 0.0758. The summed E-state index contributed by atoms with van der Waals surface area (Å²) in [5.74, 6) is 0. The molecule has 0 saturated heterocycles. The minimum Gasteiger partial charge on any atom is -0.392 e. The SMILES string of the molecule is OCc1cccc(NCc2cccc(Br)c2)c1. The molecule has 0 atom stereocenters. The molecular formula is C14H14BrNO. The number of rotatable bonds is 4. The van der Waals surface area contributed by atoms with Crippen LogP contribution in [0.3, 0.4) is 0 Å². The largest absolute Gasteiger partial charge is 0.392 e. The Balaban J connectivity index is 2.02. The van der Waals surface area contributed by atoms with Crippen molar-refractivity contribution in [1.29, 1.82) is 0 Å². The average Bonchev–Trinajstić information content (AvgIpc) is 2.37. The summed E-state index contributed by atoms with van der Waals surface area (Å²) < 4.78 is 1.08. The van der Waals surface area contributed by atoms with Crippen LogP contribution in [0.5, 0.6) is 0 Å². The van der Waals surface area contributed by atoms with Gasteiger partial charge in [0.25, 0.3) is 0 Å². The second-order valence-electron chi connectivity index (χ2n) is 3.84. The Kier molecular flexibility index (Phi) is 4.18. The van der Waals surface area contributed by atoms with Crippen LogP contribution in [0.4, 0.5) is 5.69 Å². The van der Waals surface area contributed by atoms with Gasteiger partial charge in [0.1, 0.15) is 0 Å². The highest BCUT2D eigenvalue weighted by molar-refractivity contribution is 9.10. The van der Waals surface area contributed by atoms with E-state index in [1.165, 1.54) is 5.56 Å². The van der Waals surface area contributed by atoms with Gasteiger partial charge in [-0.05, 0) is 35.4 Å². The first-order valence-electron chi connectivity index (χ1n) is 5.46. The van der Waals surface area contributed by atoms with Gasteiger partial charge in [-0.15, -0.1) is 0 Å². The lowest BCUT2D eigenvalue weighted by Crippen LogP contribution is -1.99. The van der Waals surface area contributed by atoms with Crippen molar-refractivity contribution in [3.05, 3.63) is 64.1 Å². The first-order chi connectivity index (χ1) is 8.28. The quantitative estimate of drug-likeness (QED) is 0.903. The zero-order chi connectivity index (χ0) is 12.1. The van der Waals surface area contributed by atoms with Crippen LogP contribution in [0, 0.1) is 0 Å². The molecule has 0 heterocycles. The number of halogens is 1. The number of hydrogen-bond acceptors (Lipinski definition) is 2. The zero-order valence-electron chi connectivity index (χ0n) is 9.36. The predicted octanol–water partition coefficient (Wildman–Crippen LogP) is 3.55. The lowest BCUT2D eigenvalue weighted by molar-refractivity contribution is 0.282. The Morgan fingerprint density at radius 1 is 1.00 bits per heavy atom. The summed E-state index contributed by atoms with van der Waals surface area (Å²) in [6, 6.07) is 16.0. The van der Waals surface area contributed by atoms with Crippen molar-refractivity contribution >= 4 is 21.6 Å². The number of aliphatic hydroxyl groups excluding tert-OH is 1. The average molecular weight is 292 g/mol. The summed E-state index contributed by atoms with van der Waals surface area (Å²) in [7, 11) is 0.